The van der Waals surface area contributed by atoms with Crippen molar-refractivity contribution >= 4 is 17.6 Å². The van der Waals surface area contributed by atoms with Gasteiger partial charge in [-0.05, 0) is 6.07 Å². The van der Waals surface area contributed by atoms with E-state index in [9.17, 15) is 18.0 Å². The Hall–Kier alpha value is -1.30. The van der Waals surface area contributed by atoms with Gasteiger partial charge in [-0.15, -0.1) is 0 Å². The highest BCUT2D eigenvalue weighted by Gasteiger charge is 2.35. The zero-order valence-corrected chi connectivity index (χ0v) is 7.23. The van der Waals surface area contributed by atoms with Gasteiger partial charge in [-0.2, -0.15) is 13.2 Å². The molecule has 0 aliphatic rings. The van der Waals surface area contributed by atoms with Gasteiger partial charge < -0.3 is 5.11 Å². The lowest BCUT2D eigenvalue weighted by atomic mass is 10.2. The predicted octanol–water partition coefficient (Wildman–Crippen LogP) is 2.45. The number of halogens is 4. The molecule has 1 N–H and O–H groups in total. The van der Waals surface area contributed by atoms with Crippen molar-refractivity contribution in [2.45, 2.75) is 6.18 Å². The molecule has 0 amide bonds. The highest BCUT2D eigenvalue weighted by molar-refractivity contribution is 6.34. The third-order valence-corrected chi connectivity index (χ3v) is 1.78. The van der Waals surface area contributed by atoms with Gasteiger partial charge in [-0.3, -0.25) is 0 Å². The predicted molar refractivity (Wildman–Crippen MR) is 41.2 cm³/mol. The molecule has 14 heavy (non-hydrogen) atoms. The Bertz CT molecular complexity index is 378. The molecule has 0 aliphatic carbocycles. The van der Waals surface area contributed by atoms with E-state index in [4.69, 9.17) is 16.7 Å². The largest absolute Gasteiger partial charge is 0.476 e. The van der Waals surface area contributed by atoms with E-state index in [0.717, 1.165) is 6.20 Å². The lowest BCUT2D eigenvalue weighted by Gasteiger charge is -2.08. The maximum absolute atomic E-state index is 12.2. The number of hydrogen-bond acceptors (Lipinski definition) is 2. The van der Waals surface area contributed by atoms with Crippen molar-refractivity contribution in [2.75, 3.05) is 0 Å². The number of nitrogens with zero attached hydrogens (tertiary/aromatic N) is 1. The Morgan fingerprint density at radius 2 is 2.07 bits per heavy atom. The van der Waals surface area contributed by atoms with Crippen LogP contribution in [0.5, 0.6) is 0 Å². The molecule has 0 saturated heterocycles. The summed E-state index contributed by atoms with van der Waals surface area (Å²) < 4.78 is 36.6. The van der Waals surface area contributed by atoms with Crippen LogP contribution in [0.3, 0.4) is 0 Å². The van der Waals surface area contributed by atoms with Crippen LogP contribution < -0.4 is 0 Å². The minimum absolute atomic E-state index is 0.620. The van der Waals surface area contributed by atoms with Crippen LogP contribution in [0.15, 0.2) is 12.3 Å². The summed E-state index contributed by atoms with van der Waals surface area (Å²) in [6.45, 7) is 0. The second-order valence-electron chi connectivity index (χ2n) is 2.32. The summed E-state index contributed by atoms with van der Waals surface area (Å²) in [4.78, 5) is 13.6. The van der Waals surface area contributed by atoms with Gasteiger partial charge in [0.2, 0.25) is 0 Å². The molecule has 3 nitrogen and oxygen atoms in total. The molecular weight excluding hydrogens is 223 g/mol. The third kappa shape index (κ3) is 1.95. The number of hydrogen-bond donors (Lipinski definition) is 1. The van der Waals surface area contributed by atoms with Gasteiger partial charge in [0.25, 0.3) is 0 Å². The van der Waals surface area contributed by atoms with Crippen LogP contribution in [0.25, 0.3) is 0 Å². The van der Waals surface area contributed by atoms with E-state index < -0.39 is 28.4 Å². The van der Waals surface area contributed by atoms with Crippen LogP contribution in [0.4, 0.5) is 13.2 Å². The molecule has 0 radical (unpaired) electrons. The van der Waals surface area contributed by atoms with Gasteiger partial charge in [0.1, 0.15) is 0 Å². The molecule has 0 spiro atoms. The van der Waals surface area contributed by atoms with Gasteiger partial charge in [0, 0.05) is 6.20 Å². The number of alkyl halides is 3. The van der Waals surface area contributed by atoms with Crippen molar-refractivity contribution in [3.63, 3.8) is 0 Å². The van der Waals surface area contributed by atoms with Gasteiger partial charge in [0.05, 0.1) is 10.6 Å². The van der Waals surface area contributed by atoms with E-state index in [1.165, 1.54) is 0 Å². The quantitative estimate of drug-likeness (QED) is 0.799. The molecular formula is C7H3ClF3NO2. The summed E-state index contributed by atoms with van der Waals surface area (Å²) in [6, 6.07) is 0.620. The monoisotopic (exact) mass is 225 g/mol. The number of aromatic carboxylic acids is 1. The second kappa shape index (κ2) is 3.45. The molecule has 0 aromatic carbocycles. The fourth-order valence-electron chi connectivity index (χ4n) is 0.812. The van der Waals surface area contributed by atoms with Crippen LogP contribution in [0, 0.1) is 0 Å². The number of carbonyl (C=O) groups is 1. The molecule has 0 aliphatic heterocycles. The Morgan fingerprint density at radius 3 is 2.50 bits per heavy atom. The molecule has 0 fully saturated rings. The molecule has 0 saturated carbocycles. The number of rotatable bonds is 1. The number of pyridine rings is 1. The average Bonchev–Trinajstić information content (AvgIpc) is 2.01. The Morgan fingerprint density at radius 1 is 1.50 bits per heavy atom. The first-order chi connectivity index (χ1) is 6.34. The summed E-state index contributed by atoms with van der Waals surface area (Å²) in [7, 11) is 0. The fraction of sp³-hybridized carbons (Fsp3) is 0.143. The highest BCUT2D eigenvalue weighted by Crippen LogP contribution is 2.35. The summed E-state index contributed by atoms with van der Waals surface area (Å²) in [5.41, 5.74) is -2.01. The Labute approximate surface area is 81.1 Å². The molecule has 0 bridgehead atoms. The van der Waals surface area contributed by atoms with Gasteiger partial charge in [-0.1, -0.05) is 11.6 Å². The first-order valence-electron chi connectivity index (χ1n) is 3.29. The van der Waals surface area contributed by atoms with E-state index in [-0.39, 0.29) is 0 Å². The third-order valence-electron chi connectivity index (χ3n) is 1.40. The van der Waals surface area contributed by atoms with Crippen LogP contribution in [0.2, 0.25) is 5.02 Å². The molecule has 76 valence electrons. The van der Waals surface area contributed by atoms with Crippen molar-refractivity contribution in [3.05, 3.63) is 28.5 Å². The SMILES string of the molecule is O=C(O)c1nccc(C(F)(F)F)c1Cl. The summed E-state index contributed by atoms with van der Waals surface area (Å²) in [6.07, 6.45) is -3.93. The zero-order chi connectivity index (χ0) is 10.9. The van der Waals surface area contributed by atoms with Gasteiger partial charge in [-0.25, -0.2) is 9.78 Å². The van der Waals surface area contributed by atoms with Crippen molar-refractivity contribution in [1.29, 1.82) is 0 Å². The highest BCUT2D eigenvalue weighted by atomic mass is 35.5. The molecule has 0 unspecified atom stereocenters. The zero-order valence-electron chi connectivity index (χ0n) is 6.47. The molecule has 7 heteroatoms. The Kier molecular flexibility index (Phi) is 2.66. The Balaban J connectivity index is 3.35. The van der Waals surface area contributed by atoms with Gasteiger partial charge in [0.15, 0.2) is 5.69 Å². The van der Waals surface area contributed by atoms with Gasteiger partial charge >= 0.3 is 12.1 Å². The van der Waals surface area contributed by atoms with E-state index in [1.54, 1.807) is 0 Å². The van der Waals surface area contributed by atoms with E-state index in [0.29, 0.717) is 6.07 Å². The first kappa shape index (κ1) is 10.8. The average molecular weight is 226 g/mol. The standard InChI is InChI=1S/C7H3ClF3NO2/c8-4-3(7(9,10)11)1-2-12-5(4)6(13)14/h1-2H,(H,13,14). The molecule has 0 atom stereocenters. The lowest BCUT2D eigenvalue weighted by molar-refractivity contribution is -0.137. The van der Waals surface area contributed by atoms with Crippen LogP contribution in [0.1, 0.15) is 16.1 Å². The van der Waals surface area contributed by atoms with Crippen LogP contribution in [-0.2, 0) is 6.18 Å². The first-order valence-corrected chi connectivity index (χ1v) is 3.67. The molecule has 1 rings (SSSR count). The van der Waals surface area contributed by atoms with Crippen molar-refractivity contribution < 1.29 is 23.1 Å². The fourth-order valence-corrected chi connectivity index (χ4v) is 1.11. The number of aromatic nitrogens is 1. The molecule has 1 heterocycles. The lowest BCUT2D eigenvalue weighted by Crippen LogP contribution is -2.10. The summed E-state index contributed by atoms with van der Waals surface area (Å²) in [5, 5.41) is 7.55. The smallest absolute Gasteiger partial charge is 0.417 e. The molecule has 1 aromatic rings. The maximum atomic E-state index is 12.2. The minimum Gasteiger partial charge on any atom is -0.476 e. The van der Waals surface area contributed by atoms with Crippen molar-refractivity contribution in [1.82, 2.24) is 4.98 Å². The summed E-state index contributed by atoms with van der Waals surface area (Å²) >= 11 is 5.23. The van der Waals surface area contributed by atoms with E-state index >= 15 is 0 Å². The maximum Gasteiger partial charge on any atom is 0.417 e. The van der Waals surface area contributed by atoms with Crippen LogP contribution in [-0.4, -0.2) is 16.1 Å². The second-order valence-corrected chi connectivity index (χ2v) is 2.70. The summed E-state index contributed by atoms with van der Waals surface area (Å²) in [5.74, 6) is -1.60. The van der Waals surface area contributed by atoms with Crippen molar-refractivity contribution in [3.8, 4) is 0 Å². The van der Waals surface area contributed by atoms with E-state index in [1.807, 2.05) is 0 Å². The number of carboxylic acid groups (broad SMARTS) is 1. The normalized spacial score (nSPS) is 11.4. The van der Waals surface area contributed by atoms with E-state index in [2.05, 4.69) is 4.98 Å². The topological polar surface area (TPSA) is 50.2 Å². The minimum atomic E-state index is -4.68. The van der Waals surface area contributed by atoms with Crippen molar-refractivity contribution in [2.24, 2.45) is 0 Å². The number of carboxylic acids is 1. The van der Waals surface area contributed by atoms with Crippen LogP contribution >= 0.6 is 11.6 Å². The molecule has 1 aromatic heterocycles.